The number of hydrogen-bond donors (Lipinski definition) is 1. The predicted molar refractivity (Wildman–Crippen MR) is 60.2 cm³/mol. The number of rotatable bonds is 3. The molecular weight excluding hydrogens is 242 g/mol. The van der Waals surface area contributed by atoms with Crippen LogP contribution in [0.3, 0.4) is 0 Å². The molecule has 1 aromatic rings. The topological polar surface area (TPSA) is 29.1 Å². The molecule has 1 rings (SSSR count). The van der Waals surface area contributed by atoms with Gasteiger partial charge in [0.25, 0.3) is 5.91 Å². The van der Waals surface area contributed by atoms with E-state index in [4.69, 9.17) is 0 Å². The number of halogens is 1. The van der Waals surface area contributed by atoms with Crippen LogP contribution in [0.25, 0.3) is 0 Å². The van der Waals surface area contributed by atoms with Crippen LogP contribution in [0.5, 0.6) is 0 Å². The first-order valence-corrected chi connectivity index (χ1v) is 4.91. The minimum atomic E-state index is -0.0935. The lowest BCUT2D eigenvalue weighted by molar-refractivity contribution is 0.0958. The molecule has 0 spiro atoms. The molecule has 1 N–H and O–H groups in total. The molecule has 0 unspecified atom stereocenters. The first-order chi connectivity index (χ1) is 6.74. The zero-order valence-electron chi connectivity index (χ0n) is 7.59. The summed E-state index contributed by atoms with van der Waals surface area (Å²) >= 11 is 3.30. The van der Waals surface area contributed by atoms with Gasteiger partial charge in [0.2, 0.25) is 0 Å². The summed E-state index contributed by atoms with van der Waals surface area (Å²) < 4.78 is 0.958. The van der Waals surface area contributed by atoms with Gasteiger partial charge in [-0.15, -0.1) is 5.73 Å². The maximum absolute atomic E-state index is 11.4. The minimum absolute atomic E-state index is 0.0935. The summed E-state index contributed by atoms with van der Waals surface area (Å²) in [7, 11) is 0. The van der Waals surface area contributed by atoms with Crippen molar-refractivity contribution < 1.29 is 4.79 Å². The van der Waals surface area contributed by atoms with E-state index in [1.807, 2.05) is 12.1 Å². The molecule has 0 atom stereocenters. The second-order valence-corrected chi connectivity index (χ2v) is 3.54. The van der Waals surface area contributed by atoms with E-state index >= 15 is 0 Å². The Hall–Kier alpha value is -1.31. The number of hydrogen-bond acceptors (Lipinski definition) is 1. The van der Waals surface area contributed by atoms with Crippen LogP contribution in [0.15, 0.2) is 47.1 Å². The molecule has 0 fully saturated rings. The van der Waals surface area contributed by atoms with Crippen LogP contribution in [0.2, 0.25) is 0 Å². The van der Waals surface area contributed by atoms with E-state index in [0.29, 0.717) is 12.1 Å². The monoisotopic (exact) mass is 251 g/mol. The summed E-state index contributed by atoms with van der Waals surface area (Å²) in [6.45, 7) is 3.86. The van der Waals surface area contributed by atoms with Gasteiger partial charge in [-0.05, 0) is 30.3 Å². The van der Waals surface area contributed by atoms with Crippen molar-refractivity contribution in [1.82, 2.24) is 5.32 Å². The quantitative estimate of drug-likeness (QED) is 0.823. The second-order valence-electron chi connectivity index (χ2n) is 2.63. The lowest BCUT2D eigenvalue weighted by Crippen LogP contribution is -2.22. The summed E-state index contributed by atoms with van der Waals surface area (Å²) in [6.07, 6.45) is 1.66. The van der Waals surface area contributed by atoms with E-state index in [2.05, 4.69) is 33.6 Å². The summed E-state index contributed by atoms with van der Waals surface area (Å²) in [5.41, 5.74) is 3.23. The number of nitrogens with one attached hydrogen (secondary N) is 1. The van der Waals surface area contributed by atoms with E-state index in [1.54, 1.807) is 18.2 Å². The summed E-state index contributed by atoms with van der Waals surface area (Å²) in [5, 5.41) is 2.71. The molecule has 0 aliphatic carbocycles. The van der Waals surface area contributed by atoms with Crippen LogP contribution in [0, 0.1) is 0 Å². The Kier molecular flexibility index (Phi) is 4.17. The Morgan fingerprint density at radius 2 is 2.14 bits per heavy atom. The molecule has 1 aromatic carbocycles. The smallest absolute Gasteiger partial charge is 0.251 e. The van der Waals surface area contributed by atoms with Gasteiger partial charge in [0.05, 0.1) is 0 Å². The molecule has 3 heteroatoms. The Bertz CT molecular complexity index is 363. The molecular formula is C11H10BrNO. The van der Waals surface area contributed by atoms with Gasteiger partial charge in [-0.25, -0.2) is 0 Å². The first kappa shape index (κ1) is 10.8. The van der Waals surface area contributed by atoms with Crippen LogP contribution in [0.4, 0.5) is 0 Å². The highest BCUT2D eigenvalue weighted by Crippen LogP contribution is 2.10. The van der Waals surface area contributed by atoms with Gasteiger partial charge < -0.3 is 5.32 Å². The van der Waals surface area contributed by atoms with Gasteiger partial charge in [0.15, 0.2) is 0 Å². The Morgan fingerprint density at radius 1 is 1.50 bits per heavy atom. The van der Waals surface area contributed by atoms with Crippen LogP contribution in [-0.2, 0) is 0 Å². The highest BCUT2D eigenvalue weighted by Gasteiger charge is 2.02. The van der Waals surface area contributed by atoms with Crippen LogP contribution >= 0.6 is 15.9 Å². The predicted octanol–water partition coefficient (Wildman–Crippen LogP) is 2.52. The molecule has 0 saturated carbocycles. The SMILES string of the molecule is C=C=CCNC(=O)c1ccc(Br)cc1. The Morgan fingerprint density at radius 3 is 2.71 bits per heavy atom. The fraction of sp³-hybridized carbons (Fsp3) is 0.0909. The zero-order valence-corrected chi connectivity index (χ0v) is 9.17. The maximum Gasteiger partial charge on any atom is 0.251 e. The van der Waals surface area contributed by atoms with Gasteiger partial charge in [-0.1, -0.05) is 22.5 Å². The van der Waals surface area contributed by atoms with E-state index in [0.717, 1.165) is 4.47 Å². The molecule has 2 nitrogen and oxygen atoms in total. The van der Waals surface area contributed by atoms with Crippen LogP contribution in [-0.4, -0.2) is 12.5 Å². The summed E-state index contributed by atoms with van der Waals surface area (Å²) in [5.74, 6) is -0.0935. The van der Waals surface area contributed by atoms with E-state index in [9.17, 15) is 4.79 Å². The van der Waals surface area contributed by atoms with Crippen molar-refractivity contribution in [3.8, 4) is 0 Å². The molecule has 0 radical (unpaired) electrons. The molecule has 0 saturated heterocycles. The average molecular weight is 252 g/mol. The van der Waals surface area contributed by atoms with E-state index in [-0.39, 0.29) is 5.91 Å². The van der Waals surface area contributed by atoms with Gasteiger partial charge in [-0.2, -0.15) is 0 Å². The van der Waals surface area contributed by atoms with Crippen molar-refractivity contribution in [2.24, 2.45) is 0 Å². The highest BCUT2D eigenvalue weighted by molar-refractivity contribution is 9.10. The molecule has 0 aromatic heterocycles. The van der Waals surface area contributed by atoms with Crippen LogP contribution in [0.1, 0.15) is 10.4 Å². The Labute approximate surface area is 91.5 Å². The third kappa shape index (κ3) is 3.21. The van der Waals surface area contributed by atoms with Crippen molar-refractivity contribution in [3.63, 3.8) is 0 Å². The fourth-order valence-corrected chi connectivity index (χ4v) is 1.18. The van der Waals surface area contributed by atoms with E-state index < -0.39 is 0 Å². The zero-order chi connectivity index (χ0) is 10.4. The fourth-order valence-electron chi connectivity index (χ4n) is 0.919. The maximum atomic E-state index is 11.4. The molecule has 72 valence electrons. The molecule has 14 heavy (non-hydrogen) atoms. The third-order valence-corrected chi connectivity index (χ3v) is 2.14. The molecule has 0 aliphatic rings. The number of carbonyl (C=O) groups is 1. The number of carbonyl (C=O) groups excluding carboxylic acids is 1. The third-order valence-electron chi connectivity index (χ3n) is 1.62. The molecule has 0 heterocycles. The van der Waals surface area contributed by atoms with Gasteiger partial charge in [0, 0.05) is 16.6 Å². The highest BCUT2D eigenvalue weighted by atomic mass is 79.9. The van der Waals surface area contributed by atoms with Gasteiger partial charge in [0.1, 0.15) is 0 Å². The van der Waals surface area contributed by atoms with Crippen molar-refractivity contribution in [2.75, 3.05) is 6.54 Å². The lowest BCUT2D eigenvalue weighted by atomic mass is 10.2. The minimum Gasteiger partial charge on any atom is -0.348 e. The van der Waals surface area contributed by atoms with Crippen molar-refractivity contribution in [3.05, 3.63) is 52.7 Å². The van der Waals surface area contributed by atoms with Crippen molar-refractivity contribution in [2.45, 2.75) is 0 Å². The summed E-state index contributed by atoms with van der Waals surface area (Å²) in [4.78, 5) is 11.4. The normalized spacial score (nSPS) is 8.93. The second kappa shape index (κ2) is 5.43. The standard InChI is InChI=1S/C11H10BrNO/c1-2-3-8-13-11(14)9-4-6-10(12)7-5-9/h3-7H,1,8H2,(H,13,14). The Balaban J connectivity index is 2.60. The van der Waals surface area contributed by atoms with Crippen molar-refractivity contribution >= 4 is 21.8 Å². The first-order valence-electron chi connectivity index (χ1n) is 4.12. The van der Waals surface area contributed by atoms with Gasteiger partial charge in [-0.3, -0.25) is 4.79 Å². The average Bonchev–Trinajstić information content (AvgIpc) is 2.19. The van der Waals surface area contributed by atoms with Gasteiger partial charge >= 0.3 is 0 Å². The number of amides is 1. The molecule has 0 bridgehead atoms. The largest absolute Gasteiger partial charge is 0.348 e. The van der Waals surface area contributed by atoms with Crippen molar-refractivity contribution in [1.29, 1.82) is 0 Å². The molecule has 0 aliphatic heterocycles. The molecule has 1 amide bonds. The summed E-state index contributed by atoms with van der Waals surface area (Å²) in [6, 6.07) is 7.19. The lowest BCUT2D eigenvalue weighted by Gasteiger charge is -2.01. The number of benzene rings is 1. The van der Waals surface area contributed by atoms with Crippen LogP contribution < -0.4 is 5.32 Å². The van der Waals surface area contributed by atoms with E-state index in [1.165, 1.54) is 0 Å².